The van der Waals surface area contributed by atoms with Crippen LogP contribution in [0.5, 0.6) is 0 Å². The summed E-state index contributed by atoms with van der Waals surface area (Å²) in [5, 5.41) is 1.26. The minimum atomic E-state index is 0.126. The highest BCUT2D eigenvalue weighted by atomic mass is 32.2. The van der Waals surface area contributed by atoms with Crippen LogP contribution in [0.1, 0.15) is 18.9 Å². The van der Waals surface area contributed by atoms with Crippen molar-refractivity contribution in [3.63, 3.8) is 0 Å². The highest BCUT2D eigenvalue weighted by Crippen LogP contribution is 2.23. The van der Waals surface area contributed by atoms with E-state index in [4.69, 9.17) is 0 Å². The van der Waals surface area contributed by atoms with Gasteiger partial charge in [0.05, 0.1) is 5.52 Å². The number of carbonyl (C=O) groups is 2. The summed E-state index contributed by atoms with van der Waals surface area (Å²) in [6, 6.07) is 10.3. The molecule has 2 aromatic rings. The fourth-order valence-corrected chi connectivity index (χ4v) is 3.66. The lowest BCUT2D eigenvalue weighted by molar-refractivity contribution is -0.127. The fourth-order valence-electron chi connectivity index (χ4n) is 2.96. The van der Waals surface area contributed by atoms with Crippen molar-refractivity contribution in [1.29, 1.82) is 0 Å². The minimum absolute atomic E-state index is 0.126. The molecule has 0 saturated carbocycles. The highest BCUT2D eigenvalue weighted by molar-refractivity contribution is 8.13. The molecule has 1 aliphatic rings. The largest absolute Gasteiger partial charge is 0.342 e. The Labute approximate surface area is 140 Å². The summed E-state index contributed by atoms with van der Waals surface area (Å²) in [6.07, 6.45) is 3.22. The third kappa shape index (κ3) is 4.10. The second-order valence-electron chi connectivity index (χ2n) is 5.99. The molecule has 1 aliphatic heterocycles. The van der Waals surface area contributed by atoms with Crippen LogP contribution in [-0.2, 0) is 16.0 Å². The molecule has 0 N–H and O–H groups in total. The van der Waals surface area contributed by atoms with Gasteiger partial charge in [-0.2, -0.15) is 0 Å². The van der Waals surface area contributed by atoms with Crippen molar-refractivity contribution in [1.82, 2.24) is 9.88 Å². The Morgan fingerprint density at radius 2 is 2.26 bits per heavy atom. The molecular formula is C18H20N2O2S. The van der Waals surface area contributed by atoms with E-state index in [1.165, 1.54) is 17.3 Å². The van der Waals surface area contributed by atoms with Gasteiger partial charge in [-0.25, -0.2) is 0 Å². The van der Waals surface area contributed by atoms with Crippen molar-refractivity contribution in [3.8, 4) is 0 Å². The quantitative estimate of drug-likeness (QED) is 0.847. The molecule has 0 radical (unpaired) electrons. The fraction of sp³-hybridized carbons (Fsp3) is 0.389. The van der Waals surface area contributed by atoms with Gasteiger partial charge in [0.25, 0.3) is 0 Å². The summed E-state index contributed by atoms with van der Waals surface area (Å²) in [5.41, 5.74) is 2.22. The lowest BCUT2D eigenvalue weighted by atomic mass is 10.1. The topological polar surface area (TPSA) is 50.3 Å². The maximum Gasteiger partial charge on any atom is 0.222 e. The number of hydrogen-bond donors (Lipinski definition) is 0. The van der Waals surface area contributed by atoms with Crippen LogP contribution in [-0.4, -0.2) is 39.7 Å². The van der Waals surface area contributed by atoms with Crippen LogP contribution in [0.2, 0.25) is 0 Å². The average Bonchev–Trinajstić information content (AvgIpc) is 2.91. The van der Waals surface area contributed by atoms with Crippen LogP contribution < -0.4 is 0 Å². The summed E-state index contributed by atoms with van der Waals surface area (Å²) in [5.74, 6) is 1.26. The molecule has 1 amide bonds. The number of aromatic nitrogens is 1. The van der Waals surface area contributed by atoms with E-state index in [-0.39, 0.29) is 11.0 Å². The van der Waals surface area contributed by atoms with Crippen LogP contribution in [0.25, 0.3) is 10.9 Å². The normalized spacial score (nSPS) is 17.9. The molecule has 1 saturated heterocycles. The van der Waals surface area contributed by atoms with Crippen LogP contribution in [0, 0.1) is 5.92 Å². The van der Waals surface area contributed by atoms with E-state index < -0.39 is 0 Å². The molecule has 0 bridgehead atoms. The first-order valence-electron chi connectivity index (χ1n) is 7.86. The van der Waals surface area contributed by atoms with Gasteiger partial charge < -0.3 is 4.90 Å². The molecule has 2 heterocycles. The first-order valence-corrected chi connectivity index (χ1v) is 8.85. The van der Waals surface area contributed by atoms with Crippen LogP contribution in [0.3, 0.4) is 0 Å². The number of nitrogens with zero attached hydrogens (tertiary/aromatic N) is 2. The van der Waals surface area contributed by atoms with Gasteiger partial charge in [0.1, 0.15) is 0 Å². The number of rotatable bonds is 5. The minimum Gasteiger partial charge on any atom is -0.342 e. The van der Waals surface area contributed by atoms with E-state index in [1.54, 1.807) is 13.1 Å². The number of amides is 1. The molecule has 1 fully saturated rings. The van der Waals surface area contributed by atoms with Gasteiger partial charge in [0.2, 0.25) is 5.91 Å². The first kappa shape index (κ1) is 16.0. The number of thioether (sulfide) groups is 1. The van der Waals surface area contributed by atoms with E-state index in [1.807, 2.05) is 17.0 Å². The smallest absolute Gasteiger partial charge is 0.222 e. The van der Waals surface area contributed by atoms with Gasteiger partial charge in [0, 0.05) is 43.8 Å². The lowest BCUT2D eigenvalue weighted by Gasteiger charge is -2.16. The number of pyridine rings is 1. The van der Waals surface area contributed by atoms with Crippen molar-refractivity contribution in [3.05, 3.63) is 42.1 Å². The van der Waals surface area contributed by atoms with Crippen LogP contribution in [0.15, 0.2) is 36.5 Å². The first-order chi connectivity index (χ1) is 11.1. The predicted octanol–water partition coefficient (Wildman–Crippen LogP) is 2.91. The molecule has 1 aromatic heterocycles. The second kappa shape index (κ2) is 7.13. The summed E-state index contributed by atoms with van der Waals surface area (Å²) < 4.78 is 0. The van der Waals surface area contributed by atoms with E-state index in [9.17, 15) is 9.59 Å². The zero-order chi connectivity index (χ0) is 16.2. The zero-order valence-corrected chi connectivity index (χ0v) is 14.0. The van der Waals surface area contributed by atoms with Gasteiger partial charge in [-0.05, 0) is 36.1 Å². The van der Waals surface area contributed by atoms with Crippen molar-refractivity contribution in [2.45, 2.75) is 19.8 Å². The average molecular weight is 328 g/mol. The number of benzene rings is 1. The number of hydrogen-bond acceptors (Lipinski definition) is 4. The maximum absolute atomic E-state index is 12.1. The standard InChI is InChI=1S/C18H20N2O2S/c1-13(21)23-12-15-10-18(22)20(11-15)8-6-14-4-5-17-16(9-14)3-2-7-19-17/h2-5,7,9,15H,6,8,10-12H2,1H3. The highest BCUT2D eigenvalue weighted by Gasteiger charge is 2.29. The lowest BCUT2D eigenvalue weighted by Crippen LogP contribution is -2.27. The van der Waals surface area contributed by atoms with Crippen molar-refractivity contribution < 1.29 is 9.59 Å². The third-order valence-electron chi connectivity index (χ3n) is 4.15. The Balaban J connectivity index is 1.56. The summed E-state index contributed by atoms with van der Waals surface area (Å²) in [7, 11) is 0. The predicted molar refractivity (Wildman–Crippen MR) is 93.3 cm³/mol. The Morgan fingerprint density at radius 1 is 1.39 bits per heavy atom. The van der Waals surface area contributed by atoms with E-state index in [2.05, 4.69) is 23.2 Å². The monoisotopic (exact) mass is 328 g/mol. The third-order valence-corrected chi connectivity index (χ3v) is 5.20. The second-order valence-corrected chi connectivity index (χ2v) is 7.19. The molecule has 0 aliphatic carbocycles. The van der Waals surface area contributed by atoms with Gasteiger partial charge in [-0.3, -0.25) is 14.6 Å². The number of likely N-dealkylation sites (tertiary alicyclic amines) is 1. The summed E-state index contributed by atoms with van der Waals surface area (Å²) >= 11 is 1.32. The van der Waals surface area contributed by atoms with Crippen molar-refractivity contribution in [2.24, 2.45) is 5.92 Å². The zero-order valence-electron chi connectivity index (χ0n) is 13.2. The molecule has 1 aromatic carbocycles. The summed E-state index contributed by atoms with van der Waals surface area (Å²) in [6.45, 7) is 3.09. The Bertz CT molecular complexity index is 732. The summed E-state index contributed by atoms with van der Waals surface area (Å²) in [4.78, 5) is 29.4. The van der Waals surface area contributed by atoms with Crippen LogP contribution >= 0.6 is 11.8 Å². The van der Waals surface area contributed by atoms with Crippen LogP contribution in [0.4, 0.5) is 0 Å². The van der Waals surface area contributed by atoms with E-state index in [0.29, 0.717) is 12.3 Å². The molecule has 120 valence electrons. The molecular weight excluding hydrogens is 308 g/mol. The molecule has 4 nitrogen and oxygen atoms in total. The molecule has 3 rings (SSSR count). The van der Waals surface area contributed by atoms with E-state index in [0.717, 1.165) is 36.2 Å². The molecule has 0 spiro atoms. The molecule has 1 unspecified atom stereocenters. The van der Waals surface area contributed by atoms with Gasteiger partial charge >= 0.3 is 0 Å². The Kier molecular flexibility index (Phi) is 4.96. The Morgan fingerprint density at radius 3 is 3.09 bits per heavy atom. The SMILES string of the molecule is CC(=O)SCC1CC(=O)N(CCc2ccc3ncccc3c2)C1. The molecule has 23 heavy (non-hydrogen) atoms. The van der Waals surface area contributed by atoms with Gasteiger partial charge in [-0.15, -0.1) is 0 Å². The number of fused-ring (bicyclic) bond motifs is 1. The van der Waals surface area contributed by atoms with Gasteiger partial charge in [0.15, 0.2) is 5.12 Å². The van der Waals surface area contributed by atoms with E-state index >= 15 is 0 Å². The van der Waals surface area contributed by atoms with Crippen molar-refractivity contribution >= 4 is 33.7 Å². The number of carbonyl (C=O) groups excluding carboxylic acids is 2. The Hall–Kier alpha value is -1.88. The maximum atomic E-state index is 12.1. The molecule has 5 heteroatoms. The molecule has 1 atom stereocenters. The van der Waals surface area contributed by atoms with Crippen molar-refractivity contribution in [2.75, 3.05) is 18.8 Å². The van der Waals surface area contributed by atoms with Gasteiger partial charge in [-0.1, -0.05) is 23.9 Å².